The van der Waals surface area contributed by atoms with Gasteiger partial charge < -0.3 is 20.9 Å². The van der Waals surface area contributed by atoms with Crippen molar-refractivity contribution in [3.8, 4) is 11.8 Å². The van der Waals surface area contributed by atoms with Gasteiger partial charge in [0, 0.05) is 58.4 Å². The van der Waals surface area contributed by atoms with E-state index in [0.717, 1.165) is 30.4 Å². The van der Waals surface area contributed by atoms with E-state index in [0.29, 0.717) is 95.3 Å². The molecule has 4 amide bonds. The second-order valence-corrected chi connectivity index (χ2v) is 18.8. The molecule has 4 aromatic rings. The molecule has 2 saturated heterocycles. The maximum Gasteiger partial charge on any atom is 0.255 e. The number of hydrogen-bond acceptors (Lipinski definition) is 7. The average Bonchev–Trinajstić information content (AvgIpc) is 4.00. The van der Waals surface area contributed by atoms with Crippen molar-refractivity contribution in [2.75, 3.05) is 10.6 Å². The normalized spacial score (nSPS) is 23.5. The molecule has 10 nitrogen and oxygen atoms in total. The van der Waals surface area contributed by atoms with E-state index in [1.54, 1.807) is 53.4 Å². The zero-order valence-corrected chi connectivity index (χ0v) is 36.1. The Balaban J connectivity index is 0.871. The van der Waals surface area contributed by atoms with E-state index < -0.39 is 40.7 Å². The van der Waals surface area contributed by atoms with E-state index in [1.807, 2.05) is 12.1 Å². The van der Waals surface area contributed by atoms with Crippen LogP contribution < -0.4 is 21.3 Å². The fourth-order valence-electron chi connectivity index (χ4n) is 10.5. The van der Waals surface area contributed by atoms with Gasteiger partial charge in [-0.15, -0.1) is 11.3 Å². The smallest absolute Gasteiger partial charge is 0.255 e. The SMILES string of the molecule is C=C1CCC(N2Cc3c(C#CCCCCC(=O)c4ccc(NC(=O)[C@@H]5NC6(CCCCC6)[C@@]6(C(=O)Nc7cc(Cl)ccc76)[C@H]5c5cccc(Cl)c5F)s4)cccc3C2=O)C(=O)N1. The second kappa shape index (κ2) is 16.8. The van der Waals surface area contributed by atoms with Gasteiger partial charge in [0.05, 0.1) is 20.9 Å². The van der Waals surface area contributed by atoms with Crippen molar-refractivity contribution in [1.82, 2.24) is 15.5 Å². The summed E-state index contributed by atoms with van der Waals surface area (Å²) in [7, 11) is 0. The molecule has 0 bridgehead atoms. The van der Waals surface area contributed by atoms with Crippen molar-refractivity contribution in [3.05, 3.63) is 128 Å². The molecule has 4 N–H and O–H groups in total. The lowest BCUT2D eigenvalue weighted by Gasteiger charge is -2.47. The highest BCUT2D eigenvalue weighted by Crippen LogP contribution is 2.63. The molecule has 5 aliphatic rings. The molecule has 1 aliphatic carbocycles. The van der Waals surface area contributed by atoms with E-state index in [4.69, 9.17) is 23.2 Å². The maximum atomic E-state index is 16.3. The Labute approximate surface area is 373 Å². The van der Waals surface area contributed by atoms with Crippen LogP contribution in [0.1, 0.15) is 119 Å². The molecule has 1 unspecified atom stereocenters. The first-order valence-corrected chi connectivity index (χ1v) is 22.7. The number of piperidine rings is 1. The number of rotatable bonds is 9. The number of thiophene rings is 1. The highest BCUT2D eigenvalue weighted by atomic mass is 35.5. The fraction of sp³-hybridized carbons (Fsp3) is 0.354. The van der Waals surface area contributed by atoms with Crippen LogP contribution in [0, 0.1) is 17.7 Å². The Kier molecular flexibility index (Phi) is 11.4. The standard InChI is InChI=1S/C48H44Cl2FN5O5S/c1-27-17-20-36(43(58)52-27)56-26-32-28(12-9-13-30(32)45(56)60)11-5-2-3-6-16-37(57)38-21-22-39(62-38)54-44(59)42-40(31-14-10-15-34(50)41(31)51)48(47(55-42)23-7-4-8-24-47)33-19-18-29(49)25-35(33)53-46(48)61/h9-10,12-15,18-19,21-22,25,36,40,42,55H,1-4,6-8,16-17,20,23-24,26H2,(H,52,58)(H,53,61)(H,54,59)/t36?,40-,42+,48+/m0/s1. The van der Waals surface area contributed by atoms with Gasteiger partial charge in [-0.05, 0) is 97.7 Å². The molecule has 1 aromatic heterocycles. The summed E-state index contributed by atoms with van der Waals surface area (Å²) in [6.07, 6.45) is 7.10. The molecule has 4 atom stereocenters. The molecule has 9 rings (SSSR count). The van der Waals surface area contributed by atoms with E-state index in [1.165, 1.54) is 17.4 Å². The Morgan fingerprint density at radius 3 is 2.60 bits per heavy atom. The number of ketones is 1. The summed E-state index contributed by atoms with van der Waals surface area (Å²) in [6.45, 7) is 4.16. The van der Waals surface area contributed by atoms with Gasteiger partial charge in [-0.2, -0.15) is 0 Å². The lowest BCUT2D eigenvalue weighted by Crippen LogP contribution is -2.60. The molecule has 318 valence electrons. The Morgan fingerprint density at radius 2 is 1.79 bits per heavy atom. The predicted molar refractivity (Wildman–Crippen MR) is 238 cm³/mol. The van der Waals surface area contributed by atoms with Gasteiger partial charge in [-0.25, -0.2) is 4.39 Å². The number of benzene rings is 3. The minimum absolute atomic E-state index is 0.0610. The summed E-state index contributed by atoms with van der Waals surface area (Å²) in [6, 6.07) is 17.2. The molecule has 5 heterocycles. The van der Waals surface area contributed by atoms with Crippen LogP contribution >= 0.6 is 34.5 Å². The van der Waals surface area contributed by atoms with Crippen LogP contribution in [0.4, 0.5) is 15.1 Å². The first kappa shape index (κ1) is 42.0. The largest absolute Gasteiger partial charge is 0.329 e. The van der Waals surface area contributed by atoms with Crippen molar-refractivity contribution >= 4 is 74.6 Å². The highest BCUT2D eigenvalue weighted by molar-refractivity contribution is 7.18. The number of hydrogen-bond donors (Lipinski definition) is 4. The van der Waals surface area contributed by atoms with Crippen LogP contribution in [0.25, 0.3) is 0 Å². The first-order chi connectivity index (χ1) is 29.9. The van der Waals surface area contributed by atoms with Gasteiger partial charge in [0.15, 0.2) is 5.78 Å². The Hall–Kier alpha value is -5.32. The summed E-state index contributed by atoms with van der Waals surface area (Å²) < 4.78 is 16.3. The van der Waals surface area contributed by atoms with Gasteiger partial charge >= 0.3 is 0 Å². The molecular formula is C48H44Cl2FN5O5S. The summed E-state index contributed by atoms with van der Waals surface area (Å²) in [5.74, 6) is 3.55. The van der Waals surface area contributed by atoms with Crippen molar-refractivity contribution in [2.45, 2.75) is 106 Å². The number of fused-ring (bicyclic) bond motifs is 4. The van der Waals surface area contributed by atoms with Crippen molar-refractivity contribution < 1.29 is 28.4 Å². The first-order valence-electron chi connectivity index (χ1n) is 21.1. The minimum Gasteiger partial charge on any atom is -0.329 e. The lowest BCUT2D eigenvalue weighted by molar-refractivity contribution is -0.126. The molecular weight excluding hydrogens is 849 g/mol. The van der Waals surface area contributed by atoms with Crippen LogP contribution in [0.2, 0.25) is 10.0 Å². The van der Waals surface area contributed by atoms with Crippen LogP contribution in [-0.4, -0.2) is 51.9 Å². The number of carbonyl (C=O) groups is 5. The van der Waals surface area contributed by atoms with E-state index in [9.17, 15) is 24.0 Å². The zero-order chi connectivity index (χ0) is 43.3. The number of amides is 4. The predicted octanol–water partition coefficient (Wildman–Crippen LogP) is 9.02. The van der Waals surface area contributed by atoms with E-state index in [2.05, 4.69) is 39.7 Å². The average molecular weight is 893 g/mol. The fourth-order valence-corrected chi connectivity index (χ4v) is 11.8. The third kappa shape index (κ3) is 7.13. The number of unbranched alkanes of at least 4 members (excludes halogenated alkanes) is 2. The molecule has 3 fully saturated rings. The molecule has 1 saturated carbocycles. The molecule has 3 aromatic carbocycles. The Bertz CT molecular complexity index is 2630. The third-order valence-electron chi connectivity index (χ3n) is 13.3. The number of Topliss-reactive ketones (excluding diaryl/α,β-unsaturated/α-hetero) is 1. The van der Waals surface area contributed by atoms with Crippen LogP contribution in [-0.2, 0) is 26.3 Å². The van der Waals surface area contributed by atoms with Crippen molar-refractivity contribution in [2.24, 2.45) is 0 Å². The monoisotopic (exact) mass is 891 g/mol. The number of halogens is 3. The van der Waals surface area contributed by atoms with Crippen molar-refractivity contribution in [1.29, 1.82) is 0 Å². The van der Waals surface area contributed by atoms with Gasteiger partial charge in [-0.3, -0.25) is 29.3 Å². The molecule has 62 heavy (non-hydrogen) atoms. The van der Waals surface area contributed by atoms with E-state index >= 15 is 4.39 Å². The third-order valence-corrected chi connectivity index (χ3v) is 14.9. The summed E-state index contributed by atoms with van der Waals surface area (Å²) in [4.78, 5) is 70.5. The summed E-state index contributed by atoms with van der Waals surface area (Å²) in [5, 5.41) is 13.2. The van der Waals surface area contributed by atoms with Gasteiger partial charge in [-0.1, -0.05) is 85.1 Å². The number of carbonyl (C=O) groups excluding carboxylic acids is 5. The molecule has 0 radical (unpaired) electrons. The van der Waals surface area contributed by atoms with Crippen molar-refractivity contribution in [3.63, 3.8) is 0 Å². The van der Waals surface area contributed by atoms with Gasteiger partial charge in [0.1, 0.15) is 17.3 Å². The lowest BCUT2D eigenvalue weighted by atomic mass is 9.55. The van der Waals surface area contributed by atoms with Gasteiger partial charge in [0.25, 0.3) is 5.91 Å². The molecule has 4 aliphatic heterocycles. The zero-order valence-electron chi connectivity index (χ0n) is 33.8. The number of nitrogens with zero attached hydrogens (tertiary/aromatic N) is 1. The van der Waals surface area contributed by atoms with Crippen LogP contribution in [0.3, 0.4) is 0 Å². The van der Waals surface area contributed by atoms with Gasteiger partial charge in [0.2, 0.25) is 17.7 Å². The second-order valence-electron chi connectivity index (χ2n) is 16.8. The van der Waals surface area contributed by atoms with Crippen LogP contribution in [0.15, 0.2) is 79.0 Å². The number of anilines is 2. The highest BCUT2D eigenvalue weighted by Gasteiger charge is 2.72. The number of nitrogens with one attached hydrogen (secondary N) is 4. The molecule has 14 heteroatoms. The van der Waals surface area contributed by atoms with E-state index in [-0.39, 0.29) is 34.1 Å². The quantitative estimate of drug-likeness (QED) is 0.0753. The summed E-state index contributed by atoms with van der Waals surface area (Å²) in [5.41, 5.74) is 1.96. The topological polar surface area (TPSA) is 137 Å². The minimum atomic E-state index is -1.35. The Morgan fingerprint density at radius 1 is 0.984 bits per heavy atom. The summed E-state index contributed by atoms with van der Waals surface area (Å²) >= 11 is 13.9. The van der Waals surface area contributed by atoms with Crippen LogP contribution in [0.5, 0.6) is 0 Å². The molecule has 2 spiro atoms. The maximum absolute atomic E-state index is 16.3. The number of allylic oxidation sites excluding steroid dienone is 1.